The highest BCUT2D eigenvalue weighted by molar-refractivity contribution is 5.78. The summed E-state index contributed by atoms with van der Waals surface area (Å²) in [6.07, 6.45) is 0. The van der Waals surface area contributed by atoms with Crippen LogP contribution < -0.4 is 22.4 Å². The molecule has 1 aromatic carbocycles. The molecular formula is C11H21N5. The number of hydrogen-bond acceptors (Lipinski definition) is 4. The van der Waals surface area contributed by atoms with E-state index in [1.165, 1.54) is 5.12 Å². The number of hydrogen-bond donors (Lipinski definition) is 3. The molecule has 0 aliphatic rings. The van der Waals surface area contributed by atoms with Gasteiger partial charge in [0.25, 0.3) is 0 Å². The lowest BCUT2D eigenvalue weighted by atomic mass is 10.2. The maximum atomic E-state index is 5.73. The number of nitrogen functional groups attached to an aromatic ring is 1. The van der Waals surface area contributed by atoms with E-state index < -0.39 is 0 Å². The van der Waals surface area contributed by atoms with E-state index in [1.54, 1.807) is 13.0 Å². The van der Waals surface area contributed by atoms with Gasteiger partial charge in [-0.3, -0.25) is 0 Å². The van der Waals surface area contributed by atoms with Crippen molar-refractivity contribution in [3.63, 3.8) is 0 Å². The number of hydrazone groups is 1. The second kappa shape index (κ2) is 6.68. The molecular weight excluding hydrogens is 202 g/mol. The Bertz CT molecular complexity index is 355. The van der Waals surface area contributed by atoms with Gasteiger partial charge in [-0.1, -0.05) is 19.9 Å². The summed E-state index contributed by atoms with van der Waals surface area (Å²) in [6.45, 7) is 7.59. The molecule has 0 heterocycles. The Morgan fingerprint density at radius 1 is 1.31 bits per heavy atom. The molecule has 0 aliphatic carbocycles. The minimum atomic E-state index is 0.395. The molecule has 0 aliphatic heterocycles. The number of nitrogens with zero attached hydrogens (tertiary/aromatic N) is 2. The first kappa shape index (κ1) is 14.2. The number of aryl methyl sites for hydroxylation is 1. The monoisotopic (exact) mass is 223 g/mol. The summed E-state index contributed by atoms with van der Waals surface area (Å²) in [5, 5.41) is 5.07. The smallest absolute Gasteiger partial charge is 0.118 e. The molecule has 1 rings (SSSR count). The average Bonchev–Trinajstić information content (AvgIpc) is 2.24. The van der Waals surface area contributed by atoms with Gasteiger partial charge < -0.3 is 11.5 Å². The van der Waals surface area contributed by atoms with Crippen molar-refractivity contribution < 1.29 is 0 Å². The number of amidine groups is 1. The molecule has 0 aromatic heterocycles. The fourth-order valence-corrected chi connectivity index (χ4v) is 0.998. The van der Waals surface area contributed by atoms with Crippen molar-refractivity contribution in [1.29, 1.82) is 0 Å². The van der Waals surface area contributed by atoms with E-state index in [0.717, 1.165) is 5.56 Å². The predicted molar refractivity (Wildman–Crippen MR) is 70.9 cm³/mol. The van der Waals surface area contributed by atoms with E-state index in [0.29, 0.717) is 17.2 Å². The van der Waals surface area contributed by atoms with Crippen molar-refractivity contribution in [3.8, 4) is 0 Å². The Morgan fingerprint density at radius 3 is 2.31 bits per heavy atom. The van der Waals surface area contributed by atoms with Gasteiger partial charge in [-0.2, -0.15) is 5.12 Å². The first-order chi connectivity index (χ1) is 7.50. The minimum Gasteiger partial charge on any atom is -0.398 e. The molecule has 6 N–H and O–H groups in total. The zero-order valence-electron chi connectivity index (χ0n) is 10.4. The summed E-state index contributed by atoms with van der Waals surface area (Å²) in [4.78, 5) is 0. The SMILES string of the molecule is C/C(N)=N/N(N)c1ccc(C)c(N)c1.CC. The Kier molecular flexibility index (Phi) is 5.95. The largest absolute Gasteiger partial charge is 0.398 e. The minimum absolute atomic E-state index is 0.395. The Balaban J connectivity index is 0.00000106. The molecule has 5 heteroatoms. The van der Waals surface area contributed by atoms with E-state index in [-0.39, 0.29) is 0 Å². The molecule has 0 amide bonds. The van der Waals surface area contributed by atoms with Gasteiger partial charge in [0, 0.05) is 5.69 Å². The van der Waals surface area contributed by atoms with Crippen LogP contribution in [-0.4, -0.2) is 5.84 Å². The van der Waals surface area contributed by atoms with Gasteiger partial charge in [-0.15, -0.1) is 5.10 Å². The van der Waals surface area contributed by atoms with Crippen LogP contribution in [0.1, 0.15) is 26.3 Å². The van der Waals surface area contributed by atoms with Crippen LogP contribution in [0.4, 0.5) is 11.4 Å². The van der Waals surface area contributed by atoms with E-state index in [9.17, 15) is 0 Å². The second-order valence-electron chi connectivity index (χ2n) is 3.13. The fourth-order valence-electron chi connectivity index (χ4n) is 0.998. The van der Waals surface area contributed by atoms with Crippen LogP contribution in [0.3, 0.4) is 0 Å². The van der Waals surface area contributed by atoms with Gasteiger partial charge in [0.1, 0.15) is 5.84 Å². The third-order valence-corrected chi connectivity index (χ3v) is 1.79. The first-order valence-electron chi connectivity index (χ1n) is 5.22. The third-order valence-electron chi connectivity index (χ3n) is 1.79. The van der Waals surface area contributed by atoms with Gasteiger partial charge in [0.2, 0.25) is 0 Å². The van der Waals surface area contributed by atoms with Gasteiger partial charge in [-0.25, -0.2) is 5.84 Å². The summed E-state index contributed by atoms with van der Waals surface area (Å²) in [5.41, 5.74) is 13.5. The summed E-state index contributed by atoms with van der Waals surface area (Å²) in [5.74, 6) is 6.02. The summed E-state index contributed by atoms with van der Waals surface area (Å²) >= 11 is 0. The zero-order valence-corrected chi connectivity index (χ0v) is 10.4. The third kappa shape index (κ3) is 4.18. The van der Waals surface area contributed by atoms with Crippen molar-refractivity contribution in [2.45, 2.75) is 27.7 Å². The predicted octanol–water partition coefficient (Wildman–Crippen LogP) is 1.58. The Hall–Kier alpha value is -1.75. The lowest BCUT2D eigenvalue weighted by molar-refractivity contribution is 0.921. The topological polar surface area (TPSA) is 93.7 Å². The van der Waals surface area contributed by atoms with Gasteiger partial charge >= 0.3 is 0 Å². The fraction of sp³-hybridized carbons (Fsp3) is 0.364. The molecule has 0 radical (unpaired) electrons. The highest BCUT2D eigenvalue weighted by Crippen LogP contribution is 2.18. The summed E-state index contributed by atoms with van der Waals surface area (Å²) in [7, 11) is 0. The molecule has 0 bridgehead atoms. The molecule has 5 nitrogen and oxygen atoms in total. The number of nitrogens with two attached hydrogens (primary N) is 3. The highest BCUT2D eigenvalue weighted by Gasteiger charge is 2.01. The molecule has 16 heavy (non-hydrogen) atoms. The van der Waals surface area contributed by atoms with Crippen LogP contribution in [0, 0.1) is 6.92 Å². The highest BCUT2D eigenvalue weighted by atomic mass is 15.6. The van der Waals surface area contributed by atoms with Crippen molar-refractivity contribution in [3.05, 3.63) is 23.8 Å². The quantitative estimate of drug-likeness (QED) is 0.233. The molecule has 0 unspecified atom stereocenters. The van der Waals surface area contributed by atoms with Crippen LogP contribution in [0.5, 0.6) is 0 Å². The van der Waals surface area contributed by atoms with Crippen molar-refractivity contribution in [2.75, 3.05) is 10.9 Å². The van der Waals surface area contributed by atoms with Gasteiger partial charge in [0.15, 0.2) is 0 Å². The number of benzene rings is 1. The Morgan fingerprint density at radius 2 is 1.88 bits per heavy atom. The lowest BCUT2D eigenvalue weighted by Gasteiger charge is -2.13. The molecule has 0 spiro atoms. The van der Waals surface area contributed by atoms with Crippen LogP contribution in [0.2, 0.25) is 0 Å². The molecule has 0 atom stereocenters. The molecule has 1 aromatic rings. The van der Waals surface area contributed by atoms with Crippen molar-refractivity contribution in [1.82, 2.24) is 0 Å². The van der Waals surface area contributed by atoms with Crippen molar-refractivity contribution in [2.24, 2.45) is 16.7 Å². The molecule has 0 saturated heterocycles. The normalized spacial score (nSPS) is 10.4. The Labute approximate surface area is 96.9 Å². The van der Waals surface area contributed by atoms with Gasteiger partial charge in [0.05, 0.1) is 5.69 Å². The van der Waals surface area contributed by atoms with Crippen LogP contribution >= 0.6 is 0 Å². The standard InChI is InChI=1S/C9H15N5.C2H6/c1-6-3-4-8(5-9(6)11)14(12)13-7(2)10;1-2/h3-5H,11-12H2,1-2H3,(H2,10,13);1-2H3. The maximum absolute atomic E-state index is 5.73. The van der Waals surface area contributed by atoms with E-state index in [1.807, 2.05) is 32.9 Å². The van der Waals surface area contributed by atoms with E-state index >= 15 is 0 Å². The van der Waals surface area contributed by atoms with E-state index in [2.05, 4.69) is 5.10 Å². The van der Waals surface area contributed by atoms with E-state index in [4.69, 9.17) is 17.3 Å². The number of rotatable bonds is 2. The molecule has 0 saturated carbocycles. The number of hydrazine groups is 1. The number of anilines is 2. The van der Waals surface area contributed by atoms with Crippen LogP contribution in [-0.2, 0) is 0 Å². The zero-order chi connectivity index (χ0) is 12.7. The average molecular weight is 223 g/mol. The first-order valence-corrected chi connectivity index (χ1v) is 5.22. The summed E-state index contributed by atoms with van der Waals surface area (Å²) in [6, 6.07) is 5.46. The second-order valence-corrected chi connectivity index (χ2v) is 3.13. The van der Waals surface area contributed by atoms with Crippen molar-refractivity contribution >= 4 is 17.2 Å². The van der Waals surface area contributed by atoms with Crippen LogP contribution in [0.15, 0.2) is 23.3 Å². The summed E-state index contributed by atoms with van der Waals surface area (Å²) < 4.78 is 0. The van der Waals surface area contributed by atoms with Crippen LogP contribution in [0.25, 0.3) is 0 Å². The lowest BCUT2D eigenvalue weighted by Crippen LogP contribution is -2.27. The molecule has 0 fully saturated rings. The maximum Gasteiger partial charge on any atom is 0.118 e. The van der Waals surface area contributed by atoms with Gasteiger partial charge in [-0.05, 0) is 31.5 Å². The molecule has 90 valence electrons.